The van der Waals surface area contributed by atoms with E-state index in [2.05, 4.69) is 36.2 Å². The highest BCUT2D eigenvalue weighted by Gasteiger charge is 2.21. The predicted octanol–water partition coefficient (Wildman–Crippen LogP) is 5.80. The largest absolute Gasteiger partial charge is 0.490 e. The Hall–Kier alpha value is -2.63. The van der Waals surface area contributed by atoms with Crippen molar-refractivity contribution < 1.29 is 17.9 Å². The normalized spacial score (nSPS) is 14.6. The summed E-state index contributed by atoms with van der Waals surface area (Å²) in [7, 11) is 1.94. The van der Waals surface area contributed by atoms with Gasteiger partial charge in [0, 0.05) is 37.6 Å². The number of aryl methyl sites for hydroxylation is 3. The maximum absolute atomic E-state index is 12.2. The molecule has 0 radical (unpaired) electrons. The number of rotatable bonds is 5. The summed E-state index contributed by atoms with van der Waals surface area (Å²) in [5.74, 6) is 0.606. The summed E-state index contributed by atoms with van der Waals surface area (Å²) in [6, 6.07) is 10.3. The van der Waals surface area contributed by atoms with Crippen LogP contribution in [0, 0.1) is 13.8 Å². The monoisotopic (exact) mass is 404 g/mol. The van der Waals surface area contributed by atoms with Crippen molar-refractivity contribution in [1.29, 1.82) is 0 Å². The lowest BCUT2D eigenvalue weighted by Gasteiger charge is -2.25. The molecule has 0 spiro atoms. The summed E-state index contributed by atoms with van der Waals surface area (Å²) >= 11 is 0. The first-order valence-electron chi connectivity index (χ1n) is 9.80. The summed E-state index contributed by atoms with van der Waals surface area (Å²) in [5.41, 5.74) is 7.26. The van der Waals surface area contributed by atoms with Gasteiger partial charge in [-0.25, -0.2) is 0 Å². The fraction of sp³-hybridized carbons (Fsp3) is 0.391. The van der Waals surface area contributed by atoms with Gasteiger partial charge in [0.15, 0.2) is 0 Å². The van der Waals surface area contributed by atoms with Crippen LogP contribution in [0.4, 0.5) is 24.5 Å². The summed E-state index contributed by atoms with van der Waals surface area (Å²) in [4.78, 5) is 2.39. The van der Waals surface area contributed by atoms with Crippen LogP contribution in [-0.4, -0.2) is 26.4 Å². The molecule has 2 aromatic carbocycles. The van der Waals surface area contributed by atoms with Crippen LogP contribution in [0.25, 0.3) is 0 Å². The molecule has 1 aliphatic rings. The van der Waals surface area contributed by atoms with Gasteiger partial charge in [-0.3, -0.25) is 0 Å². The zero-order valence-corrected chi connectivity index (χ0v) is 17.1. The fourth-order valence-electron chi connectivity index (χ4n) is 3.89. The minimum absolute atomic E-state index is 0.0964. The lowest BCUT2D eigenvalue weighted by Crippen LogP contribution is -2.22. The minimum Gasteiger partial charge on any atom is -0.490 e. The molecular weight excluding hydrogens is 377 g/mol. The van der Waals surface area contributed by atoms with E-state index >= 15 is 0 Å². The molecule has 156 valence electrons. The second kappa shape index (κ2) is 8.80. The van der Waals surface area contributed by atoms with Crippen LogP contribution < -0.4 is 15.0 Å². The molecule has 1 N–H and O–H groups in total. The molecule has 3 rings (SSSR count). The second-order valence-electron chi connectivity index (χ2n) is 7.42. The SMILES string of the molecule is CNc1c(C)cc(N2CCCc3cc(OC/C=C/C(F)(F)F)ccc3C2)cc1C. The Kier molecular flexibility index (Phi) is 6.40. The third-order valence-corrected chi connectivity index (χ3v) is 5.20. The van der Waals surface area contributed by atoms with Gasteiger partial charge in [0.1, 0.15) is 12.4 Å². The van der Waals surface area contributed by atoms with E-state index in [1.165, 1.54) is 33.6 Å². The number of anilines is 2. The number of nitrogens with zero attached hydrogens (tertiary/aromatic N) is 1. The summed E-state index contributed by atoms with van der Waals surface area (Å²) in [6.45, 7) is 5.90. The van der Waals surface area contributed by atoms with Crippen LogP contribution in [0.1, 0.15) is 28.7 Å². The van der Waals surface area contributed by atoms with Crippen LogP contribution in [0.2, 0.25) is 0 Å². The third-order valence-electron chi connectivity index (χ3n) is 5.20. The number of ether oxygens (including phenoxy) is 1. The van der Waals surface area contributed by atoms with Gasteiger partial charge in [-0.15, -0.1) is 0 Å². The molecule has 0 unspecified atom stereocenters. The van der Waals surface area contributed by atoms with Crippen molar-refractivity contribution in [2.45, 2.75) is 39.4 Å². The van der Waals surface area contributed by atoms with E-state index in [9.17, 15) is 13.2 Å². The van der Waals surface area contributed by atoms with E-state index in [-0.39, 0.29) is 12.7 Å². The van der Waals surface area contributed by atoms with E-state index in [0.29, 0.717) is 5.75 Å². The first-order chi connectivity index (χ1) is 13.8. The second-order valence-corrected chi connectivity index (χ2v) is 7.42. The van der Waals surface area contributed by atoms with Gasteiger partial charge in [0.25, 0.3) is 0 Å². The molecule has 0 amide bonds. The Balaban J connectivity index is 1.73. The molecule has 0 saturated heterocycles. The maximum atomic E-state index is 12.2. The molecule has 0 aliphatic carbocycles. The molecule has 29 heavy (non-hydrogen) atoms. The summed E-state index contributed by atoms with van der Waals surface area (Å²) < 4.78 is 42.0. The molecule has 0 fully saturated rings. The Morgan fingerprint density at radius 3 is 2.48 bits per heavy atom. The van der Waals surface area contributed by atoms with Crippen molar-refractivity contribution in [3.63, 3.8) is 0 Å². The van der Waals surface area contributed by atoms with Crippen molar-refractivity contribution in [3.8, 4) is 5.75 Å². The number of nitrogens with one attached hydrogen (secondary N) is 1. The van der Waals surface area contributed by atoms with Gasteiger partial charge >= 0.3 is 6.18 Å². The molecule has 2 aromatic rings. The van der Waals surface area contributed by atoms with Crippen molar-refractivity contribution >= 4 is 11.4 Å². The van der Waals surface area contributed by atoms with Crippen LogP contribution in [-0.2, 0) is 13.0 Å². The number of hydrogen-bond acceptors (Lipinski definition) is 3. The smallest absolute Gasteiger partial charge is 0.409 e. The minimum atomic E-state index is -4.30. The van der Waals surface area contributed by atoms with E-state index in [4.69, 9.17) is 4.74 Å². The van der Waals surface area contributed by atoms with Gasteiger partial charge in [0.2, 0.25) is 0 Å². The quantitative estimate of drug-likeness (QED) is 0.638. The molecule has 0 aromatic heterocycles. The molecule has 0 atom stereocenters. The molecule has 1 heterocycles. The van der Waals surface area contributed by atoms with Crippen molar-refractivity contribution in [2.75, 3.05) is 30.4 Å². The van der Waals surface area contributed by atoms with Crippen molar-refractivity contribution in [2.24, 2.45) is 0 Å². The number of fused-ring (bicyclic) bond motifs is 1. The summed E-state index contributed by atoms with van der Waals surface area (Å²) in [5, 5.41) is 3.26. The van der Waals surface area contributed by atoms with Crippen molar-refractivity contribution in [3.05, 3.63) is 64.7 Å². The van der Waals surface area contributed by atoms with E-state index in [0.717, 1.165) is 32.0 Å². The van der Waals surface area contributed by atoms with Gasteiger partial charge in [0.05, 0.1) is 0 Å². The van der Waals surface area contributed by atoms with E-state index < -0.39 is 6.18 Å². The topological polar surface area (TPSA) is 24.5 Å². The number of alkyl halides is 3. The van der Waals surface area contributed by atoms with Gasteiger partial charge in [-0.05, 0) is 79.3 Å². The summed E-state index contributed by atoms with van der Waals surface area (Å²) in [6.07, 6.45) is -1.17. The van der Waals surface area contributed by atoms with Gasteiger partial charge in [-0.2, -0.15) is 13.2 Å². The molecular formula is C23H27F3N2O. The third kappa shape index (κ3) is 5.46. The maximum Gasteiger partial charge on any atom is 0.409 e. The molecule has 3 nitrogen and oxygen atoms in total. The Labute approximate surface area is 170 Å². The average Bonchev–Trinajstić information content (AvgIpc) is 2.86. The highest BCUT2D eigenvalue weighted by molar-refractivity contribution is 5.65. The van der Waals surface area contributed by atoms with Crippen LogP contribution in [0.3, 0.4) is 0 Å². The van der Waals surface area contributed by atoms with Crippen LogP contribution in [0.5, 0.6) is 5.75 Å². The molecule has 0 saturated carbocycles. The Morgan fingerprint density at radius 2 is 1.83 bits per heavy atom. The van der Waals surface area contributed by atoms with E-state index in [1.807, 2.05) is 25.2 Å². The predicted molar refractivity (Wildman–Crippen MR) is 112 cm³/mol. The number of hydrogen-bond donors (Lipinski definition) is 1. The van der Waals surface area contributed by atoms with Crippen LogP contribution >= 0.6 is 0 Å². The average molecular weight is 404 g/mol. The number of benzene rings is 2. The highest BCUT2D eigenvalue weighted by atomic mass is 19.4. The first kappa shape index (κ1) is 21.1. The molecule has 6 heteroatoms. The Morgan fingerprint density at radius 1 is 1.10 bits per heavy atom. The number of halogens is 3. The zero-order chi connectivity index (χ0) is 21.0. The molecule has 1 aliphatic heterocycles. The van der Waals surface area contributed by atoms with Crippen LogP contribution in [0.15, 0.2) is 42.5 Å². The van der Waals surface area contributed by atoms with Gasteiger partial charge < -0.3 is 15.0 Å². The standard InChI is InChI=1S/C23H27F3N2O/c1-16-12-20(13-17(2)22(16)27-3)28-10-4-6-18-14-21(8-7-19(18)15-28)29-11-5-9-23(24,25)26/h5,7-9,12-14,27H,4,6,10-11,15H2,1-3H3/b9-5+. The van der Waals surface area contributed by atoms with E-state index in [1.54, 1.807) is 0 Å². The zero-order valence-electron chi connectivity index (χ0n) is 17.1. The fourth-order valence-corrected chi connectivity index (χ4v) is 3.89. The van der Waals surface area contributed by atoms with Crippen molar-refractivity contribution in [1.82, 2.24) is 0 Å². The lowest BCUT2D eigenvalue weighted by atomic mass is 10.0. The number of allylic oxidation sites excluding steroid dienone is 1. The molecule has 0 bridgehead atoms. The van der Waals surface area contributed by atoms with Gasteiger partial charge in [-0.1, -0.05) is 6.07 Å². The highest BCUT2D eigenvalue weighted by Crippen LogP contribution is 2.31. The first-order valence-corrected chi connectivity index (χ1v) is 9.80. The lowest BCUT2D eigenvalue weighted by molar-refractivity contribution is -0.0801. The Bertz CT molecular complexity index is 867.